The number of aromatic nitrogens is 2. The molecule has 0 unspecified atom stereocenters. The number of aliphatic hydroxyl groups excluding tert-OH is 1. The summed E-state index contributed by atoms with van der Waals surface area (Å²) in [6.45, 7) is 6.79. The fourth-order valence-electron chi connectivity index (χ4n) is 1.89. The number of hydrogen-bond donors (Lipinski definition) is 2. The van der Waals surface area contributed by atoms with Crippen molar-refractivity contribution in [3.8, 4) is 0 Å². The van der Waals surface area contributed by atoms with Crippen LogP contribution in [0.25, 0.3) is 4.96 Å². The van der Waals surface area contributed by atoms with Crippen LogP contribution in [0.5, 0.6) is 0 Å². The quantitative estimate of drug-likeness (QED) is 0.739. The minimum absolute atomic E-state index is 0.0798. The van der Waals surface area contributed by atoms with E-state index in [1.54, 1.807) is 11.3 Å². The first-order chi connectivity index (χ1) is 8.74. The molecule has 0 saturated heterocycles. The van der Waals surface area contributed by atoms with Crippen molar-refractivity contribution in [2.75, 3.05) is 26.4 Å². The molecule has 2 heterocycles. The molecule has 0 bridgehead atoms. The van der Waals surface area contributed by atoms with Gasteiger partial charge in [-0.3, -0.25) is 4.40 Å². The van der Waals surface area contributed by atoms with Crippen LogP contribution in [0.15, 0.2) is 5.38 Å². The number of thiazole rings is 1. The number of hydrogen-bond acceptors (Lipinski definition) is 5. The number of nitrogens with one attached hydrogen (secondary N) is 1. The second-order valence-corrected chi connectivity index (χ2v) is 4.99. The van der Waals surface area contributed by atoms with Crippen molar-refractivity contribution in [1.29, 1.82) is 0 Å². The lowest BCUT2D eigenvalue weighted by molar-refractivity contribution is 0.0937. The maximum absolute atomic E-state index is 8.58. The maximum Gasteiger partial charge on any atom is 0.194 e. The van der Waals surface area contributed by atoms with Gasteiger partial charge < -0.3 is 15.2 Å². The highest BCUT2D eigenvalue weighted by Gasteiger charge is 2.11. The van der Waals surface area contributed by atoms with E-state index in [1.807, 2.05) is 6.92 Å². The molecule has 0 amide bonds. The minimum Gasteiger partial charge on any atom is -0.394 e. The molecule has 0 radical (unpaired) electrons. The predicted octanol–water partition coefficient (Wildman–Crippen LogP) is 1.11. The molecule has 0 aliphatic rings. The third-order valence-corrected chi connectivity index (χ3v) is 3.72. The molecule has 0 fully saturated rings. The molecule has 0 aliphatic heterocycles. The fourth-order valence-corrected chi connectivity index (χ4v) is 2.82. The van der Waals surface area contributed by atoms with Gasteiger partial charge in [-0.2, -0.15) is 0 Å². The van der Waals surface area contributed by atoms with Crippen molar-refractivity contribution < 1.29 is 9.84 Å². The summed E-state index contributed by atoms with van der Waals surface area (Å²) in [6, 6.07) is 0. The first-order valence-corrected chi connectivity index (χ1v) is 6.93. The molecule has 2 rings (SSSR count). The van der Waals surface area contributed by atoms with E-state index in [4.69, 9.17) is 9.84 Å². The van der Waals surface area contributed by atoms with E-state index in [0.29, 0.717) is 13.2 Å². The molecule has 0 spiro atoms. The molecule has 2 aromatic rings. The fraction of sp³-hybridized carbons (Fsp3) is 0.583. The van der Waals surface area contributed by atoms with Gasteiger partial charge in [-0.05, 0) is 13.8 Å². The van der Waals surface area contributed by atoms with E-state index in [1.165, 1.54) is 11.4 Å². The third-order valence-electron chi connectivity index (χ3n) is 2.78. The molecular weight excluding hydrogens is 250 g/mol. The van der Waals surface area contributed by atoms with Crippen LogP contribution in [0.2, 0.25) is 0 Å². The van der Waals surface area contributed by atoms with Gasteiger partial charge in [0, 0.05) is 24.2 Å². The Labute approximate surface area is 110 Å². The van der Waals surface area contributed by atoms with Crippen LogP contribution in [0.4, 0.5) is 0 Å². The van der Waals surface area contributed by atoms with Crippen LogP contribution in [0, 0.1) is 13.8 Å². The van der Waals surface area contributed by atoms with Crippen LogP contribution < -0.4 is 5.32 Å². The zero-order valence-corrected chi connectivity index (χ0v) is 11.6. The van der Waals surface area contributed by atoms with E-state index in [-0.39, 0.29) is 6.61 Å². The molecule has 0 aromatic carbocycles. The summed E-state index contributed by atoms with van der Waals surface area (Å²) in [5.74, 6) is 0. The van der Waals surface area contributed by atoms with E-state index < -0.39 is 0 Å². The normalized spacial score (nSPS) is 11.5. The molecule has 2 aromatic heterocycles. The molecule has 18 heavy (non-hydrogen) atoms. The van der Waals surface area contributed by atoms with Gasteiger partial charge in [0.15, 0.2) is 4.96 Å². The average molecular weight is 269 g/mol. The maximum atomic E-state index is 8.58. The van der Waals surface area contributed by atoms with Crippen LogP contribution in [-0.2, 0) is 11.3 Å². The summed E-state index contributed by atoms with van der Waals surface area (Å²) >= 11 is 1.67. The van der Waals surface area contributed by atoms with Crippen molar-refractivity contribution in [3.63, 3.8) is 0 Å². The summed E-state index contributed by atoms with van der Waals surface area (Å²) in [6.07, 6.45) is 0. The Morgan fingerprint density at radius 2 is 2.28 bits per heavy atom. The largest absolute Gasteiger partial charge is 0.394 e. The van der Waals surface area contributed by atoms with E-state index in [9.17, 15) is 0 Å². The Morgan fingerprint density at radius 3 is 3.06 bits per heavy atom. The van der Waals surface area contributed by atoms with Crippen LogP contribution in [0.3, 0.4) is 0 Å². The van der Waals surface area contributed by atoms with E-state index >= 15 is 0 Å². The molecule has 5 nitrogen and oxygen atoms in total. The zero-order chi connectivity index (χ0) is 13.0. The Bertz CT molecular complexity index is 507. The standard InChI is InChI=1S/C12H19N3O2S/c1-9-8-18-12-14-10(2)11(15(9)12)7-13-3-5-17-6-4-16/h8,13,16H,3-7H2,1-2H3. The third kappa shape index (κ3) is 2.89. The van der Waals surface area contributed by atoms with Crippen molar-refractivity contribution in [2.45, 2.75) is 20.4 Å². The van der Waals surface area contributed by atoms with Gasteiger partial charge in [0.1, 0.15) is 0 Å². The highest BCUT2D eigenvalue weighted by atomic mass is 32.1. The van der Waals surface area contributed by atoms with Crippen molar-refractivity contribution >= 4 is 16.3 Å². The summed E-state index contributed by atoms with van der Waals surface area (Å²) in [7, 11) is 0. The topological polar surface area (TPSA) is 58.8 Å². The first kappa shape index (κ1) is 13.5. The SMILES string of the molecule is Cc1nc2scc(C)n2c1CNCCOCCO. The zero-order valence-electron chi connectivity index (χ0n) is 10.8. The van der Waals surface area contributed by atoms with Crippen molar-refractivity contribution in [3.05, 3.63) is 22.5 Å². The molecule has 0 saturated carbocycles. The number of nitrogens with zero attached hydrogens (tertiary/aromatic N) is 2. The number of fused-ring (bicyclic) bond motifs is 1. The van der Waals surface area contributed by atoms with Crippen LogP contribution in [0.1, 0.15) is 17.1 Å². The van der Waals surface area contributed by atoms with Crippen LogP contribution >= 0.6 is 11.3 Å². The smallest absolute Gasteiger partial charge is 0.194 e. The van der Waals surface area contributed by atoms with Gasteiger partial charge in [-0.15, -0.1) is 11.3 Å². The lowest BCUT2D eigenvalue weighted by Gasteiger charge is -2.06. The molecule has 100 valence electrons. The second kappa shape index (κ2) is 6.29. The summed E-state index contributed by atoms with van der Waals surface area (Å²) in [5, 5.41) is 14.0. The Hall–Kier alpha value is -0.950. The van der Waals surface area contributed by atoms with Gasteiger partial charge in [0.2, 0.25) is 0 Å². The average Bonchev–Trinajstić information content (AvgIpc) is 2.85. The molecule has 2 N–H and O–H groups in total. The molecular formula is C12H19N3O2S. The number of aryl methyl sites for hydroxylation is 2. The van der Waals surface area contributed by atoms with E-state index in [0.717, 1.165) is 23.7 Å². The Kier molecular flexibility index (Phi) is 4.71. The minimum atomic E-state index is 0.0798. The number of rotatable bonds is 7. The lowest BCUT2D eigenvalue weighted by Crippen LogP contribution is -2.21. The van der Waals surface area contributed by atoms with Gasteiger partial charge in [0.25, 0.3) is 0 Å². The Morgan fingerprint density at radius 1 is 1.44 bits per heavy atom. The Balaban J connectivity index is 1.91. The second-order valence-electron chi connectivity index (χ2n) is 4.15. The molecule has 6 heteroatoms. The molecule has 0 atom stereocenters. The van der Waals surface area contributed by atoms with Gasteiger partial charge >= 0.3 is 0 Å². The number of aliphatic hydroxyl groups is 1. The van der Waals surface area contributed by atoms with Crippen molar-refractivity contribution in [1.82, 2.24) is 14.7 Å². The molecule has 0 aliphatic carbocycles. The first-order valence-electron chi connectivity index (χ1n) is 6.05. The summed E-state index contributed by atoms with van der Waals surface area (Å²) in [5.41, 5.74) is 3.52. The highest BCUT2D eigenvalue weighted by molar-refractivity contribution is 7.15. The predicted molar refractivity (Wildman–Crippen MR) is 72.2 cm³/mol. The van der Waals surface area contributed by atoms with E-state index in [2.05, 4.69) is 27.0 Å². The highest BCUT2D eigenvalue weighted by Crippen LogP contribution is 2.20. The van der Waals surface area contributed by atoms with Gasteiger partial charge in [0.05, 0.1) is 31.2 Å². The van der Waals surface area contributed by atoms with Gasteiger partial charge in [-0.1, -0.05) is 0 Å². The summed E-state index contributed by atoms with van der Waals surface area (Å²) in [4.78, 5) is 5.59. The van der Waals surface area contributed by atoms with Gasteiger partial charge in [-0.25, -0.2) is 4.98 Å². The number of imidazole rings is 1. The van der Waals surface area contributed by atoms with Crippen LogP contribution in [-0.4, -0.2) is 40.9 Å². The summed E-state index contributed by atoms with van der Waals surface area (Å²) < 4.78 is 7.39. The monoisotopic (exact) mass is 269 g/mol. The lowest BCUT2D eigenvalue weighted by atomic mass is 10.3. The number of ether oxygens (including phenoxy) is 1. The van der Waals surface area contributed by atoms with Crippen molar-refractivity contribution in [2.24, 2.45) is 0 Å².